The third-order valence-electron chi connectivity index (χ3n) is 6.58. The normalized spacial score (nSPS) is 11.5. The number of benzene rings is 3. The summed E-state index contributed by atoms with van der Waals surface area (Å²) in [7, 11) is 0. The van der Waals surface area contributed by atoms with E-state index in [0.29, 0.717) is 27.7 Å². The Balaban J connectivity index is 1.63. The SMILES string of the molecule is Cc1ccccc1-n1c(Cn2nc(-c3cccc(F)c3)c3c(Cl)ncnc32)cc2cccc(C)c2c1=O. The molecule has 182 valence electrons. The monoisotopic (exact) mass is 509 g/mol. The molecule has 6 aromatic rings. The molecule has 37 heavy (non-hydrogen) atoms. The highest BCUT2D eigenvalue weighted by molar-refractivity contribution is 6.35. The molecule has 8 heteroatoms. The van der Waals surface area contributed by atoms with E-state index < -0.39 is 0 Å². The molecular weight excluding hydrogens is 489 g/mol. The van der Waals surface area contributed by atoms with Crippen LogP contribution < -0.4 is 5.56 Å². The predicted molar refractivity (Wildman–Crippen MR) is 144 cm³/mol. The number of pyridine rings is 1. The number of halogens is 2. The van der Waals surface area contributed by atoms with Gasteiger partial charge in [0.2, 0.25) is 0 Å². The van der Waals surface area contributed by atoms with Crippen LogP contribution in [0.3, 0.4) is 0 Å². The zero-order valence-corrected chi connectivity index (χ0v) is 20.9. The number of rotatable bonds is 4. The van der Waals surface area contributed by atoms with E-state index in [-0.39, 0.29) is 23.1 Å². The zero-order valence-electron chi connectivity index (χ0n) is 20.1. The fourth-order valence-corrected chi connectivity index (χ4v) is 5.08. The average Bonchev–Trinajstić information content (AvgIpc) is 3.25. The summed E-state index contributed by atoms with van der Waals surface area (Å²) in [6, 6.07) is 21.8. The van der Waals surface area contributed by atoms with Crippen LogP contribution in [0.1, 0.15) is 16.8 Å². The summed E-state index contributed by atoms with van der Waals surface area (Å²) in [6.45, 7) is 4.15. The van der Waals surface area contributed by atoms with Gasteiger partial charge in [-0.25, -0.2) is 19.0 Å². The molecule has 0 fully saturated rings. The van der Waals surface area contributed by atoms with Gasteiger partial charge in [-0.3, -0.25) is 9.36 Å². The average molecular weight is 510 g/mol. The lowest BCUT2D eigenvalue weighted by Crippen LogP contribution is -2.25. The van der Waals surface area contributed by atoms with E-state index in [1.165, 1.54) is 18.5 Å². The predicted octanol–water partition coefficient (Wildman–Crippen LogP) is 6.26. The molecular formula is C29H21ClFN5O. The molecule has 3 heterocycles. The van der Waals surface area contributed by atoms with Crippen LogP contribution in [0, 0.1) is 19.7 Å². The number of hydrogen-bond acceptors (Lipinski definition) is 4. The summed E-state index contributed by atoms with van der Waals surface area (Å²) < 4.78 is 17.5. The molecule has 0 amide bonds. The van der Waals surface area contributed by atoms with E-state index in [4.69, 9.17) is 16.7 Å². The van der Waals surface area contributed by atoms with Gasteiger partial charge in [0, 0.05) is 11.3 Å². The van der Waals surface area contributed by atoms with Crippen LogP contribution >= 0.6 is 11.6 Å². The van der Waals surface area contributed by atoms with Gasteiger partial charge in [0.15, 0.2) is 5.65 Å². The van der Waals surface area contributed by atoms with E-state index in [1.807, 2.05) is 62.4 Å². The van der Waals surface area contributed by atoms with E-state index in [1.54, 1.807) is 21.4 Å². The van der Waals surface area contributed by atoms with E-state index in [9.17, 15) is 9.18 Å². The third-order valence-corrected chi connectivity index (χ3v) is 6.87. The minimum absolute atomic E-state index is 0.102. The highest BCUT2D eigenvalue weighted by Gasteiger charge is 2.20. The lowest BCUT2D eigenvalue weighted by atomic mass is 10.1. The van der Waals surface area contributed by atoms with Crippen molar-refractivity contribution >= 4 is 33.4 Å². The van der Waals surface area contributed by atoms with Crippen molar-refractivity contribution in [2.45, 2.75) is 20.4 Å². The minimum atomic E-state index is -0.383. The van der Waals surface area contributed by atoms with E-state index in [2.05, 4.69) is 9.97 Å². The standard InChI is InChI=1S/C29H21ClFN5O/c1-17-7-3-4-12-23(17)36-22(14-19-9-5-8-18(2)24(19)29(36)37)15-35-28-25(27(30)32-16-33-28)26(34-35)20-10-6-11-21(31)13-20/h3-14,16H,15H2,1-2H3. The van der Waals surface area contributed by atoms with Gasteiger partial charge in [-0.05, 0) is 54.6 Å². The Morgan fingerprint density at radius 1 is 0.892 bits per heavy atom. The first-order valence-electron chi connectivity index (χ1n) is 11.8. The van der Waals surface area contributed by atoms with Gasteiger partial charge < -0.3 is 0 Å². The molecule has 0 atom stereocenters. The summed E-state index contributed by atoms with van der Waals surface area (Å²) >= 11 is 6.48. The van der Waals surface area contributed by atoms with Gasteiger partial charge >= 0.3 is 0 Å². The van der Waals surface area contributed by atoms with Crippen molar-refractivity contribution < 1.29 is 4.39 Å². The topological polar surface area (TPSA) is 65.6 Å². The molecule has 0 saturated heterocycles. The van der Waals surface area contributed by atoms with Crippen molar-refractivity contribution in [2.75, 3.05) is 0 Å². The van der Waals surface area contributed by atoms with Crippen LogP contribution in [0.2, 0.25) is 5.15 Å². The number of hydrogen-bond donors (Lipinski definition) is 0. The highest BCUT2D eigenvalue weighted by Crippen LogP contribution is 2.32. The Bertz CT molecular complexity index is 1890. The summed E-state index contributed by atoms with van der Waals surface area (Å²) in [5.74, 6) is -0.383. The number of aryl methyl sites for hydroxylation is 2. The van der Waals surface area contributed by atoms with Crippen molar-refractivity contribution in [3.05, 3.63) is 117 Å². The number of para-hydroxylation sites is 1. The molecule has 3 aromatic carbocycles. The van der Waals surface area contributed by atoms with Crippen molar-refractivity contribution in [2.24, 2.45) is 0 Å². The maximum Gasteiger partial charge on any atom is 0.263 e. The summed E-state index contributed by atoms with van der Waals surface area (Å²) in [5.41, 5.74) is 4.82. The quantitative estimate of drug-likeness (QED) is 0.263. The molecule has 0 aliphatic rings. The second kappa shape index (κ2) is 8.94. The Morgan fingerprint density at radius 2 is 1.68 bits per heavy atom. The fraction of sp³-hybridized carbons (Fsp3) is 0.103. The molecule has 0 unspecified atom stereocenters. The first-order valence-corrected chi connectivity index (χ1v) is 12.1. The van der Waals surface area contributed by atoms with Gasteiger partial charge in [-0.15, -0.1) is 0 Å². The highest BCUT2D eigenvalue weighted by atomic mass is 35.5. The molecule has 3 aromatic heterocycles. The van der Waals surface area contributed by atoms with Crippen LogP contribution in [-0.2, 0) is 6.54 Å². The second-order valence-electron chi connectivity index (χ2n) is 8.98. The van der Waals surface area contributed by atoms with Gasteiger partial charge in [-0.1, -0.05) is 60.1 Å². The molecule has 0 N–H and O–H groups in total. The first kappa shape index (κ1) is 23.1. The lowest BCUT2D eigenvalue weighted by Gasteiger charge is -2.17. The van der Waals surface area contributed by atoms with Gasteiger partial charge in [0.25, 0.3) is 5.56 Å². The smallest absolute Gasteiger partial charge is 0.263 e. The van der Waals surface area contributed by atoms with Crippen LogP contribution in [0.4, 0.5) is 4.39 Å². The van der Waals surface area contributed by atoms with E-state index >= 15 is 0 Å². The molecule has 0 aliphatic carbocycles. The fourth-order valence-electron chi connectivity index (χ4n) is 4.86. The minimum Gasteiger partial charge on any atom is -0.279 e. The van der Waals surface area contributed by atoms with E-state index in [0.717, 1.165) is 27.9 Å². The molecule has 0 bridgehead atoms. The third kappa shape index (κ3) is 3.88. The van der Waals surface area contributed by atoms with Crippen molar-refractivity contribution in [1.29, 1.82) is 0 Å². The Kier molecular flexibility index (Phi) is 5.57. The molecule has 0 spiro atoms. The van der Waals surface area contributed by atoms with Crippen molar-refractivity contribution in [1.82, 2.24) is 24.3 Å². The Morgan fingerprint density at radius 3 is 2.49 bits per heavy atom. The second-order valence-corrected chi connectivity index (χ2v) is 9.34. The summed E-state index contributed by atoms with van der Waals surface area (Å²) in [6.07, 6.45) is 1.37. The van der Waals surface area contributed by atoms with Gasteiger partial charge in [0.05, 0.1) is 23.0 Å². The summed E-state index contributed by atoms with van der Waals surface area (Å²) in [4.78, 5) is 22.5. The van der Waals surface area contributed by atoms with Crippen LogP contribution in [0.15, 0.2) is 83.9 Å². The molecule has 0 saturated carbocycles. The lowest BCUT2D eigenvalue weighted by molar-refractivity contribution is 0.628. The molecule has 6 nitrogen and oxygen atoms in total. The number of aromatic nitrogens is 5. The maximum atomic E-state index is 14.1. The van der Waals surface area contributed by atoms with Crippen LogP contribution in [0.5, 0.6) is 0 Å². The summed E-state index contributed by atoms with van der Waals surface area (Å²) in [5, 5.41) is 7.05. The number of nitrogens with zero attached hydrogens (tertiary/aromatic N) is 5. The number of fused-ring (bicyclic) bond motifs is 2. The maximum absolute atomic E-state index is 14.1. The molecule has 0 radical (unpaired) electrons. The Labute approximate surface area is 216 Å². The van der Waals surface area contributed by atoms with Crippen LogP contribution in [-0.4, -0.2) is 24.3 Å². The van der Waals surface area contributed by atoms with Crippen molar-refractivity contribution in [3.63, 3.8) is 0 Å². The van der Waals surface area contributed by atoms with Crippen molar-refractivity contribution in [3.8, 4) is 16.9 Å². The molecule has 0 aliphatic heterocycles. The first-order chi connectivity index (χ1) is 17.9. The zero-order chi connectivity index (χ0) is 25.7. The van der Waals surface area contributed by atoms with Gasteiger partial charge in [0.1, 0.15) is 23.0 Å². The largest absolute Gasteiger partial charge is 0.279 e. The van der Waals surface area contributed by atoms with Crippen LogP contribution in [0.25, 0.3) is 38.8 Å². The Hall–Kier alpha value is -4.36. The molecule has 6 rings (SSSR count). The van der Waals surface area contributed by atoms with Gasteiger partial charge in [-0.2, -0.15) is 5.10 Å².